The van der Waals surface area contributed by atoms with Crippen LogP contribution in [0.5, 0.6) is 0 Å². The molecule has 0 aliphatic carbocycles. The van der Waals surface area contributed by atoms with Crippen LogP contribution in [-0.2, 0) is 11.3 Å². The number of benzene rings is 2. The number of nitrogens with two attached hydrogens (primary N) is 1. The Morgan fingerprint density at radius 2 is 1.79 bits per heavy atom. The number of carbonyl (C=O) groups excluding carboxylic acids is 2. The highest BCUT2D eigenvalue weighted by Gasteiger charge is 2.30. The van der Waals surface area contributed by atoms with Gasteiger partial charge in [-0.2, -0.15) is 13.2 Å². The number of likely N-dealkylation sites (tertiary alicyclic amines) is 1. The normalized spacial score (nSPS) is 19.1. The minimum Gasteiger partial charge on any atom is -0.368 e. The molecular weight excluding hydrogens is 526 g/mol. The highest BCUT2D eigenvalue weighted by Crippen LogP contribution is 2.31. The van der Waals surface area contributed by atoms with Crippen molar-refractivity contribution in [2.75, 3.05) is 49.5 Å². The fourth-order valence-corrected chi connectivity index (χ4v) is 5.14. The molecule has 2 aromatic carbocycles. The predicted molar refractivity (Wildman–Crippen MR) is 138 cm³/mol. The van der Waals surface area contributed by atoms with E-state index in [1.165, 1.54) is 12.1 Å². The van der Waals surface area contributed by atoms with E-state index in [4.69, 9.17) is 17.3 Å². The molecule has 38 heavy (non-hydrogen) atoms. The number of piperazine rings is 1. The number of primary amides is 1. The zero-order valence-corrected chi connectivity index (χ0v) is 21.5. The molecule has 1 unspecified atom stereocenters. The predicted octanol–water partition coefficient (Wildman–Crippen LogP) is 4.26. The van der Waals surface area contributed by atoms with Crippen molar-refractivity contribution >= 4 is 34.8 Å². The van der Waals surface area contributed by atoms with Crippen LogP contribution in [0.4, 0.5) is 28.9 Å². The summed E-state index contributed by atoms with van der Waals surface area (Å²) in [4.78, 5) is 30.2. The van der Waals surface area contributed by atoms with Crippen molar-refractivity contribution in [3.05, 3.63) is 58.4 Å². The fraction of sp³-hybridized carbons (Fsp3) is 0.462. The van der Waals surface area contributed by atoms with Gasteiger partial charge in [0.2, 0.25) is 5.91 Å². The molecule has 2 amide bonds. The smallest absolute Gasteiger partial charge is 0.368 e. The first-order valence-electron chi connectivity index (χ1n) is 12.5. The lowest BCUT2D eigenvalue weighted by Crippen LogP contribution is -2.47. The van der Waals surface area contributed by atoms with Gasteiger partial charge >= 0.3 is 6.18 Å². The monoisotopic (exact) mass is 555 g/mol. The Morgan fingerprint density at radius 1 is 1.05 bits per heavy atom. The lowest BCUT2D eigenvalue weighted by molar-refractivity contribution is -0.138. The van der Waals surface area contributed by atoms with Crippen LogP contribution in [-0.4, -0.2) is 73.1 Å². The van der Waals surface area contributed by atoms with Crippen LogP contribution in [0, 0.1) is 5.82 Å². The molecule has 12 heteroatoms. The van der Waals surface area contributed by atoms with Crippen LogP contribution < -0.4 is 16.0 Å². The molecule has 2 fully saturated rings. The molecule has 2 heterocycles. The van der Waals surface area contributed by atoms with Crippen LogP contribution in [0.1, 0.15) is 35.2 Å². The van der Waals surface area contributed by atoms with E-state index in [2.05, 4.69) is 5.32 Å². The number of anilines is 2. The van der Waals surface area contributed by atoms with Gasteiger partial charge in [0.25, 0.3) is 5.91 Å². The van der Waals surface area contributed by atoms with E-state index >= 15 is 0 Å². The van der Waals surface area contributed by atoms with E-state index in [0.717, 1.165) is 6.42 Å². The second-order valence-corrected chi connectivity index (χ2v) is 10.1. The lowest BCUT2D eigenvalue weighted by Gasteiger charge is -2.37. The fourth-order valence-electron chi connectivity index (χ4n) is 4.97. The Labute approximate surface area is 223 Å². The van der Waals surface area contributed by atoms with E-state index in [1.807, 2.05) is 9.80 Å². The minimum atomic E-state index is -4.20. The molecule has 4 rings (SSSR count). The quantitative estimate of drug-likeness (QED) is 0.476. The number of carbonyl (C=O) groups is 2. The maximum atomic E-state index is 15.0. The van der Waals surface area contributed by atoms with Gasteiger partial charge in [0.1, 0.15) is 5.82 Å². The van der Waals surface area contributed by atoms with Crippen LogP contribution in [0.3, 0.4) is 0 Å². The first-order chi connectivity index (χ1) is 18.0. The first-order valence-corrected chi connectivity index (χ1v) is 12.8. The summed E-state index contributed by atoms with van der Waals surface area (Å²) in [5.74, 6) is -1.73. The Balaban J connectivity index is 1.42. The molecule has 0 bridgehead atoms. The second-order valence-electron chi connectivity index (χ2n) is 9.65. The minimum absolute atomic E-state index is 0.0628. The van der Waals surface area contributed by atoms with Gasteiger partial charge in [0, 0.05) is 44.3 Å². The van der Waals surface area contributed by atoms with E-state index < -0.39 is 30.2 Å². The number of hydrogen-bond acceptors (Lipinski definition) is 5. The average molecular weight is 556 g/mol. The van der Waals surface area contributed by atoms with Crippen LogP contribution in [0.25, 0.3) is 0 Å². The summed E-state index contributed by atoms with van der Waals surface area (Å²) in [5, 5.41) is 3.18. The summed E-state index contributed by atoms with van der Waals surface area (Å²) in [7, 11) is 0. The Morgan fingerprint density at radius 3 is 2.45 bits per heavy atom. The third kappa shape index (κ3) is 7.15. The van der Waals surface area contributed by atoms with Crippen molar-refractivity contribution < 1.29 is 27.2 Å². The van der Waals surface area contributed by atoms with Gasteiger partial charge in [0.05, 0.1) is 29.4 Å². The van der Waals surface area contributed by atoms with Gasteiger partial charge in [0.15, 0.2) is 0 Å². The Bertz CT molecular complexity index is 1170. The zero-order valence-electron chi connectivity index (χ0n) is 20.7. The summed E-state index contributed by atoms with van der Waals surface area (Å²) in [6.45, 7) is 2.74. The topological polar surface area (TPSA) is 81.9 Å². The maximum absolute atomic E-state index is 15.0. The van der Waals surface area contributed by atoms with Gasteiger partial charge < -0.3 is 16.0 Å². The third-order valence-corrected chi connectivity index (χ3v) is 7.22. The molecule has 2 aromatic rings. The highest BCUT2D eigenvalue weighted by molar-refractivity contribution is 6.31. The number of hydrogen-bond donors (Lipinski definition) is 2. The van der Waals surface area contributed by atoms with E-state index in [1.54, 1.807) is 29.2 Å². The lowest BCUT2D eigenvalue weighted by atomic mass is 10.1. The van der Waals surface area contributed by atoms with Crippen molar-refractivity contribution in [2.45, 2.75) is 38.0 Å². The Hall–Kier alpha value is -2.89. The van der Waals surface area contributed by atoms with Gasteiger partial charge in [-0.3, -0.25) is 19.4 Å². The zero-order chi connectivity index (χ0) is 27.4. The van der Waals surface area contributed by atoms with Gasteiger partial charge in [-0.25, -0.2) is 4.39 Å². The average Bonchev–Trinajstić information content (AvgIpc) is 3.32. The molecular formula is C26H30ClF4N5O2. The molecule has 2 aliphatic heterocycles. The molecule has 0 aromatic heterocycles. The number of rotatable bonds is 8. The molecule has 0 saturated carbocycles. The first kappa shape index (κ1) is 28.1. The van der Waals surface area contributed by atoms with Gasteiger partial charge in [-0.15, -0.1) is 0 Å². The summed E-state index contributed by atoms with van der Waals surface area (Å²) in [5.41, 5.74) is 6.99. The van der Waals surface area contributed by atoms with E-state index in [-0.39, 0.29) is 18.2 Å². The molecule has 1 atom stereocenters. The molecule has 3 N–H and O–H groups in total. The summed E-state index contributed by atoms with van der Waals surface area (Å²) in [6.07, 6.45) is -3.55. The second kappa shape index (κ2) is 11.9. The van der Waals surface area contributed by atoms with Gasteiger partial charge in [-0.05, 0) is 55.3 Å². The molecule has 0 radical (unpaired) electrons. The van der Waals surface area contributed by atoms with Crippen LogP contribution in [0.15, 0.2) is 36.4 Å². The molecule has 206 valence electrons. The number of nitrogens with zero attached hydrogens (tertiary/aromatic N) is 3. The van der Waals surface area contributed by atoms with Crippen LogP contribution >= 0.6 is 11.6 Å². The third-order valence-electron chi connectivity index (χ3n) is 6.99. The van der Waals surface area contributed by atoms with Gasteiger partial charge in [-0.1, -0.05) is 17.7 Å². The molecule has 2 saturated heterocycles. The molecule has 7 nitrogen and oxygen atoms in total. The SMILES string of the molecule is NC(=O)C1CCCN1Cc1ccc(C(=O)Nc2ccc(Cl)cc2N2CCN(CCC(F)(F)F)CC2)c(F)c1. The molecule has 2 aliphatic rings. The van der Waals surface area contributed by atoms with Crippen molar-refractivity contribution in [3.63, 3.8) is 0 Å². The van der Waals surface area contributed by atoms with Crippen molar-refractivity contribution in [1.82, 2.24) is 9.80 Å². The number of halogens is 5. The Kier molecular flexibility index (Phi) is 8.79. The largest absolute Gasteiger partial charge is 0.390 e. The number of alkyl halides is 3. The summed E-state index contributed by atoms with van der Waals surface area (Å²) in [6, 6.07) is 8.86. The van der Waals surface area contributed by atoms with Crippen LogP contribution in [0.2, 0.25) is 5.02 Å². The van der Waals surface area contributed by atoms with E-state index in [9.17, 15) is 27.2 Å². The van der Waals surface area contributed by atoms with Crippen molar-refractivity contribution in [3.8, 4) is 0 Å². The van der Waals surface area contributed by atoms with Crippen molar-refractivity contribution in [2.24, 2.45) is 5.73 Å². The summed E-state index contributed by atoms with van der Waals surface area (Å²) >= 11 is 6.19. The maximum Gasteiger partial charge on any atom is 0.390 e. The summed E-state index contributed by atoms with van der Waals surface area (Å²) < 4.78 is 52.6. The number of nitrogens with one attached hydrogen (secondary N) is 1. The van der Waals surface area contributed by atoms with Crippen molar-refractivity contribution in [1.29, 1.82) is 0 Å². The standard InChI is InChI=1S/C26H30ClF4N5O2/c27-18-4-6-21(23(15-18)35-12-10-34(11-13-35)9-7-26(29,30)31)33-25(38)19-5-3-17(14-20(19)28)16-36-8-1-2-22(36)24(32)37/h3-6,14-15,22H,1-2,7-13,16H2,(H2,32,37)(H,33,38). The van der Waals surface area contributed by atoms with E-state index in [0.29, 0.717) is 67.7 Å². The number of amides is 2. The molecule has 0 spiro atoms. The highest BCUT2D eigenvalue weighted by atomic mass is 35.5.